The molecule has 0 saturated heterocycles. The molecule has 1 amide bonds. The molecule has 0 fully saturated rings. The SMILES string of the molecule is Cc1oc(-c2ccccc2)nc1C(=O)N(CCc1ccccc1)c1ccccc1. The van der Waals surface area contributed by atoms with Crippen LogP contribution < -0.4 is 4.90 Å². The van der Waals surface area contributed by atoms with Crippen LogP contribution in [0.1, 0.15) is 21.8 Å². The maximum Gasteiger partial charge on any atom is 0.280 e. The summed E-state index contributed by atoms with van der Waals surface area (Å²) in [6, 6.07) is 29.5. The Morgan fingerprint density at radius 1 is 0.862 bits per heavy atom. The predicted molar refractivity (Wildman–Crippen MR) is 115 cm³/mol. The second-order valence-corrected chi connectivity index (χ2v) is 6.82. The van der Waals surface area contributed by atoms with Crippen LogP contribution in [0.15, 0.2) is 95.4 Å². The van der Waals surface area contributed by atoms with Gasteiger partial charge in [0.1, 0.15) is 5.76 Å². The van der Waals surface area contributed by atoms with Crippen molar-refractivity contribution in [3.05, 3.63) is 108 Å². The summed E-state index contributed by atoms with van der Waals surface area (Å²) >= 11 is 0. The molecular formula is C25H22N2O2. The molecule has 0 radical (unpaired) electrons. The first kappa shape index (κ1) is 18.7. The standard InChI is InChI=1S/C25H22N2O2/c1-19-23(26-24(29-19)21-13-7-3-8-14-21)25(28)27(22-15-9-4-10-16-22)18-17-20-11-5-2-6-12-20/h2-16H,17-18H2,1H3. The zero-order valence-corrected chi connectivity index (χ0v) is 16.3. The summed E-state index contributed by atoms with van der Waals surface area (Å²) in [5.41, 5.74) is 3.23. The molecule has 0 N–H and O–H groups in total. The molecule has 4 aromatic rings. The van der Waals surface area contributed by atoms with Crippen LogP contribution in [0, 0.1) is 6.92 Å². The maximum atomic E-state index is 13.4. The van der Waals surface area contributed by atoms with Gasteiger partial charge in [-0.15, -0.1) is 0 Å². The van der Waals surface area contributed by atoms with Crippen molar-refractivity contribution in [2.75, 3.05) is 11.4 Å². The third kappa shape index (κ3) is 4.27. The Balaban J connectivity index is 1.64. The molecule has 0 saturated carbocycles. The zero-order chi connectivity index (χ0) is 20.1. The first-order valence-electron chi connectivity index (χ1n) is 9.66. The molecule has 0 bridgehead atoms. The molecule has 144 valence electrons. The van der Waals surface area contributed by atoms with Crippen molar-refractivity contribution in [2.45, 2.75) is 13.3 Å². The summed E-state index contributed by atoms with van der Waals surface area (Å²) in [7, 11) is 0. The third-order valence-electron chi connectivity index (χ3n) is 4.80. The number of hydrogen-bond donors (Lipinski definition) is 0. The number of benzene rings is 3. The summed E-state index contributed by atoms with van der Waals surface area (Å²) in [6.07, 6.45) is 0.754. The topological polar surface area (TPSA) is 46.3 Å². The van der Waals surface area contributed by atoms with E-state index in [9.17, 15) is 4.79 Å². The second-order valence-electron chi connectivity index (χ2n) is 6.82. The lowest BCUT2D eigenvalue weighted by molar-refractivity contribution is 0.0981. The molecule has 4 nitrogen and oxygen atoms in total. The van der Waals surface area contributed by atoms with Gasteiger partial charge in [0, 0.05) is 17.8 Å². The van der Waals surface area contributed by atoms with E-state index in [1.54, 1.807) is 11.8 Å². The number of rotatable bonds is 6. The maximum absolute atomic E-state index is 13.4. The van der Waals surface area contributed by atoms with Crippen molar-refractivity contribution in [1.29, 1.82) is 0 Å². The van der Waals surface area contributed by atoms with E-state index in [0.29, 0.717) is 23.9 Å². The van der Waals surface area contributed by atoms with E-state index in [4.69, 9.17) is 4.42 Å². The van der Waals surface area contributed by atoms with Crippen LogP contribution in [-0.2, 0) is 6.42 Å². The van der Waals surface area contributed by atoms with Crippen LogP contribution in [0.2, 0.25) is 0 Å². The number of amides is 1. The lowest BCUT2D eigenvalue weighted by Crippen LogP contribution is -2.33. The minimum atomic E-state index is -0.157. The van der Waals surface area contributed by atoms with Gasteiger partial charge in [-0.3, -0.25) is 4.79 Å². The average Bonchev–Trinajstić information content (AvgIpc) is 3.17. The molecule has 4 rings (SSSR count). The van der Waals surface area contributed by atoms with Gasteiger partial charge in [-0.25, -0.2) is 4.98 Å². The normalized spacial score (nSPS) is 10.7. The van der Waals surface area contributed by atoms with E-state index in [1.165, 1.54) is 5.56 Å². The van der Waals surface area contributed by atoms with Gasteiger partial charge in [0.15, 0.2) is 5.69 Å². The van der Waals surface area contributed by atoms with Gasteiger partial charge in [0.05, 0.1) is 0 Å². The van der Waals surface area contributed by atoms with Gasteiger partial charge in [-0.2, -0.15) is 0 Å². The molecule has 1 heterocycles. The first-order valence-corrected chi connectivity index (χ1v) is 9.66. The summed E-state index contributed by atoms with van der Waals surface area (Å²) in [6.45, 7) is 2.34. The largest absolute Gasteiger partial charge is 0.441 e. The fourth-order valence-corrected chi connectivity index (χ4v) is 3.27. The molecule has 1 aromatic heterocycles. The lowest BCUT2D eigenvalue weighted by Gasteiger charge is -2.22. The van der Waals surface area contributed by atoms with Crippen LogP contribution >= 0.6 is 0 Å². The third-order valence-corrected chi connectivity index (χ3v) is 4.80. The Bertz CT molecular complexity index is 1070. The van der Waals surface area contributed by atoms with Crippen LogP contribution in [0.4, 0.5) is 5.69 Å². The van der Waals surface area contributed by atoms with Crippen molar-refractivity contribution in [1.82, 2.24) is 4.98 Å². The van der Waals surface area contributed by atoms with Crippen LogP contribution in [0.5, 0.6) is 0 Å². The van der Waals surface area contributed by atoms with E-state index in [2.05, 4.69) is 17.1 Å². The highest BCUT2D eigenvalue weighted by atomic mass is 16.4. The average molecular weight is 382 g/mol. The predicted octanol–water partition coefficient (Wildman–Crippen LogP) is 5.54. The van der Waals surface area contributed by atoms with E-state index in [-0.39, 0.29) is 5.91 Å². The highest BCUT2D eigenvalue weighted by Crippen LogP contribution is 2.24. The van der Waals surface area contributed by atoms with Gasteiger partial charge in [-0.1, -0.05) is 66.7 Å². The number of aromatic nitrogens is 1. The quantitative estimate of drug-likeness (QED) is 0.440. The minimum absolute atomic E-state index is 0.157. The number of aryl methyl sites for hydroxylation is 1. The number of carbonyl (C=O) groups is 1. The van der Waals surface area contributed by atoms with Crippen LogP contribution in [0.3, 0.4) is 0 Å². The van der Waals surface area contributed by atoms with Crippen molar-refractivity contribution >= 4 is 11.6 Å². The molecule has 3 aromatic carbocycles. The Kier molecular flexibility index (Phi) is 5.52. The van der Waals surface area contributed by atoms with Gasteiger partial charge in [0.25, 0.3) is 5.91 Å². The van der Waals surface area contributed by atoms with Crippen molar-refractivity contribution in [2.24, 2.45) is 0 Å². The molecule has 29 heavy (non-hydrogen) atoms. The lowest BCUT2D eigenvalue weighted by atomic mass is 10.1. The van der Waals surface area contributed by atoms with Gasteiger partial charge < -0.3 is 9.32 Å². The molecule has 4 heteroatoms. The summed E-state index contributed by atoms with van der Waals surface area (Å²) in [5.74, 6) is 0.826. The zero-order valence-electron chi connectivity index (χ0n) is 16.3. The van der Waals surface area contributed by atoms with Crippen molar-refractivity contribution < 1.29 is 9.21 Å². The fraction of sp³-hybridized carbons (Fsp3) is 0.120. The number of anilines is 1. The minimum Gasteiger partial charge on any atom is -0.441 e. The monoisotopic (exact) mass is 382 g/mol. The van der Waals surface area contributed by atoms with E-state index >= 15 is 0 Å². The Morgan fingerprint density at radius 2 is 1.45 bits per heavy atom. The highest BCUT2D eigenvalue weighted by molar-refractivity contribution is 6.05. The Labute approximate surface area is 170 Å². The number of hydrogen-bond acceptors (Lipinski definition) is 3. The summed E-state index contributed by atoms with van der Waals surface area (Å²) in [5, 5.41) is 0. The summed E-state index contributed by atoms with van der Waals surface area (Å²) in [4.78, 5) is 19.7. The second kappa shape index (κ2) is 8.57. The Hall–Kier alpha value is -3.66. The van der Waals surface area contributed by atoms with E-state index in [1.807, 2.05) is 78.9 Å². The highest BCUT2D eigenvalue weighted by Gasteiger charge is 2.24. The first-order chi connectivity index (χ1) is 14.2. The molecule has 0 aliphatic rings. The molecular weight excluding hydrogens is 360 g/mol. The molecule has 0 aliphatic carbocycles. The van der Waals surface area contributed by atoms with E-state index in [0.717, 1.165) is 17.7 Å². The number of para-hydroxylation sites is 1. The van der Waals surface area contributed by atoms with Gasteiger partial charge in [-0.05, 0) is 43.2 Å². The Morgan fingerprint density at radius 3 is 2.10 bits per heavy atom. The smallest absolute Gasteiger partial charge is 0.280 e. The number of nitrogens with zero attached hydrogens (tertiary/aromatic N) is 2. The molecule has 0 spiro atoms. The van der Waals surface area contributed by atoms with Gasteiger partial charge >= 0.3 is 0 Å². The number of oxazole rings is 1. The van der Waals surface area contributed by atoms with Gasteiger partial charge in [0.2, 0.25) is 5.89 Å². The molecule has 0 atom stereocenters. The van der Waals surface area contributed by atoms with Crippen molar-refractivity contribution in [3.63, 3.8) is 0 Å². The fourth-order valence-electron chi connectivity index (χ4n) is 3.27. The van der Waals surface area contributed by atoms with Crippen LogP contribution in [0.25, 0.3) is 11.5 Å². The molecule has 0 unspecified atom stereocenters. The van der Waals surface area contributed by atoms with E-state index < -0.39 is 0 Å². The number of carbonyl (C=O) groups excluding carboxylic acids is 1. The molecule has 0 aliphatic heterocycles. The van der Waals surface area contributed by atoms with Crippen molar-refractivity contribution in [3.8, 4) is 11.5 Å². The van der Waals surface area contributed by atoms with Crippen LogP contribution in [-0.4, -0.2) is 17.4 Å². The summed E-state index contributed by atoms with van der Waals surface area (Å²) < 4.78 is 5.81.